The molecule has 2 rings (SSSR count). The van der Waals surface area contributed by atoms with Crippen molar-refractivity contribution in [3.8, 4) is 0 Å². The molecule has 15 heavy (non-hydrogen) atoms. The second kappa shape index (κ2) is 3.35. The molecule has 0 aliphatic heterocycles. The van der Waals surface area contributed by atoms with Crippen molar-refractivity contribution in [3.63, 3.8) is 0 Å². The predicted octanol–water partition coefficient (Wildman–Crippen LogP) is 2.47. The van der Waals surface area contributed by atoms with Gasteiger partial charge in [0.25, 0.3) is 0 Å². The van der Waals surface area contributed by atoms with Gasteiger partial charge in [-0.15, -0.1) is 0 Å². The maximum absolute atomic E-state index is 13.0. The molecule has 0 radical (unpaired) electrons. The van der Waals surface area contributed by atoms with Crippen molar-refractivity contribution < 1.29 is 4.39 Å². The highest BCUT2D eigenvalue weighted by Gasteiger charge is 2.19. The van der Waals surface area contributed by atoms with Gasteiger partial charge in [0.05, 0.1) is 5.54 Å². The molecule has 0 amide bonds. The van der Waals surface area contributed by atoms with Crippen LogP contribution in [0.5, 0.6) is 0 Å². The molecule has 0 unspecified atom stereocenters. The van der Waals surface area contributed by atoms with E-state index in [2.05, 4.69) is 18.4 Å². The number of fused-ring (bicyclic) bond motifs is 1. The smallest absolute Gasteiger partial charge is 0.123 e. The third-order valence-electron chi connectivity index (χ3n) is 2.80. The number of halogens is 1. The van der Waals surface area contributed by atoms with Crippen LogP contribution >= 0.6 is 0 Å². The van der Waals surface area contributed by atoms with Gasteiger partial charge in [0.15, 0.2) is 0 Å². The molecule has 80 valence electrons. The standard InChI is InChI=1S/C12H15FN2/c1-12(2,8-14)15-6-5-9-7-10(13)3-4-11(9)15/h3-7H,8,14H2,1-2H3. The molecule has 1 heterocycles. The lowest BCUT2D eigenvalue weighted by Gasteiger charge is -2.26. The predicted molar refractivity (Wildman–Crippen MR) is 60.3 cm³/mol. The number of hydrogen-bond donors (Lipinski definition) is 1. The van der Waals surface area contributed by atoms with E-state index in [1.54, 1.807) is 12.1 Å². The van der Waals surface area contributed by atoms with Crippen molar-refractivity contribution in [2.75, 3.05) is 6.54 Å². The van der Waals surface area contributed by atoms with Crippen LogP contribution < -0.4 is 5.73 Å². The molecule has 0 bridgehead atoms. The van der Waals surface area contributed by atoms with Crippen LogP contribution in [-0.4, -0.2) is 11.1 Å². The summed E-state index contributed by atoms with van der Waals surface area (Å²) in [5, 5.41) is 0.913. The molecule has 0 saturated heterocycles. The lowest BCUT2D eigenvalue weighted by Crippen LogP contribution is -2.34. The monoisotopic (exact) mass is 206 g/mol. The first-order valence-corrected chi connectivity index (χ1v) is 5.02. The quantitative estimate of drug-likeness (QED) is 0.804. The maximum Gasteiger partial charge on any atom is 0.123 e. The molecule has 0 aliphatic carbocycles. The van der Waals surface area contributed by atoms with E-state index in [1.165, 1.54) is 6.07 Å². The average molecular weight is 206 g/mol. The molecule has 0 fully saturated rings. The fraction of sp³-hybridized carbons (Fsp3) is 0.333. The molecule has 0 aliphatic rings. The highest BCUT2D eigenvalue weighted by Crippen LogP contribution is 2.23. The fourth-order valence-corrected chi connectivity index (χ4v) is 1.74. The molecule has 2 aromatic rings. The second-order valence-corrected chi connectivity index (χ2v) is 4.41. The Labute approximate surface area is 88.5 Å². The van der Waals surface area contributed by atoms with E-state index in [1.807, 2.05) is 12.3 Å². The molecule has 0 spiro atoms. The number of nitrogens with zero attached hydrogens (tertiary/aromatic N) is 1. The molecule has 1 aromatic heterocycles. The topological polar surface area (TPSA) is 30.9 Å². The van der Waals surface area contributed by atoms with Crippen LogP contribution in [0.4, 0.5) is 4.39 Å². The second-order valence-electron chi connectivity index (χ2n) is 4.41. The summed E-state index contributed by atoms with van der Waals surface area (Å²) in [6, 6.07) is 6.72. The van der Waals surface area contributed by atoms with E-state index >= 15 is 0 Å². The van der Waals surface area contributed by atoms with Crippen molar-refractivity contribution in [1.82, 2.24) is 4.57 Å². The minimum Gasteiger partial charge on any atom is -0.341 e. The zero-order chi connectivity index (χ0) is 11.1. The lowest BCUT2D eigenvalue weighted by atomic mass is 10.1. The van der Waals surface area contributed by atoms with Gasteiger partial charge in [0.1, 0.15) is 5.82 Å². The third-order valence-corrected chi connectivity index (χ3v) is 2.80. The van der Waals surface area contributed by atoms with E-state index < -0.39 is 0 Å². The van der Waals surface area contributed by atoms with Gasteiger partial charge in [-0.2, -0.15) is 0 Å². The van der Waals surface area contributed by atoms with Crippen LogP contribution in [-0.2, 0) is 5.54 Å². The Morgan fingerprint density at radius 2 is 2.07 bits per heavy atom. The van der Waals surface area contributed by atoms with Crippen LogP contribution in [0.25, 0.3) is 10.9 Å². The molecule has 2 N–H and O–H groups in total. The van der Waals surface area contributed by atoms with Crippen LogP contribution in [0.2, 0.25) is 0 Å². The highest BCUT2D eigenvalue weighted by molar-refractivity contribution is 5.80. The van der Waals surface area contributed by atoms with Crippen LogP contribution in [0, 0.1) is 5.82 Å². The van der Waals surface area contributed by atoms with E-state index in [4.69, 9.17) is 5.73 Å². The number of hydrogen-bond acceptors (Lipinski definition) is 1. The Morgan fingerprint density at radius 3 is 2.73 bits per heavy atom. The molecular formula is C12H15FN2. The minimum absolute atomic E-state index is 0.139. The van der Waals surface area contributed by atoms with Crippen LogP contribution in [0.15, 0.2) is 30.5 Å². The third kappa shape index (κ3) is 1.63. The molecule has 2 nitrogen and oxygen atoms in total. The van der Waals surface area contributed by atoms with Gasteiger partial charge >= 0.3 is 0 Å². The molecule has 1 aromatic carbocycles. The van der Waals surface area contributed by atoms with Crippen molar-refractivity contribution in [1.29, 1.82) is 0 Å². The van der Waals surface area contributed by atoms with Crippen molar-refractivity contribution in [2.24, 2.45) is 5.73 Å². The van der Waals surface area contributed by atoms with Gasteiger partial charge < -0.3 is 10.3 Å². The highest BCUT2D eigenvalue weighted by atomic mass is 19.1. The van der Waals surface area contributed by atoms with Crippen LogP contribution in [0.1, 0.15) is 13.8 Å². The van der Waals surface area contributed by atoms with Gasteiger partial charge in [-0.1, -0.05) is 0 Å². The Hall–Kier alpha value is -1.35. The molecule has 3 heteroatoms. The summed E-state index contributed by atoms with van der Waals surface area (Å²) < 4.78 is 15.1. The number of nitrogens with two attached hydrogens (primary N) is 1. The first-order valence-electron chi connectivity index (χ1n) is 5.02. The summed E-state index contributed by atoms with van der Waals surface area (Å²) in [7, 11) is 0. The van der Waals surface area contributed by atoms with E-state index in [-0.39, 0.29) is 11.4 Å². The minimum atomic E-state index is -0.203. The zero-order valence-corrected chi connectivity index (χ0v) is 9.00. The Balaban J connectivity index is 2.64. The summed E-state index contributed by atoms with van der Waals surface area (Å²) >= 11 is 0. The van der Waals surface area contributed by atoms with Gasteiger partial charge in [-0.3, -0.25) is 0 Å². The van der Waals surface area contributed by atoms with Crippen molar-refractivity contribution in [3.05, 3.63) is 36.3 Å². The maximum atomic E-state index is 13.0. The molecule has 0 atom stereocenters. The first-order chi connectivity index (χ1) is 7.04. The Bertz CT molecular complexity index is 485. The van der Waals surface area contributed by atoms with E-state index in [0.717, 1.165) is 10.9 Å². The lowest BCUT2D eigenvalue weighted by molar-refractivity contribution is 0.379. The van der Waals surface area contributed by atoms with Gasteiger partial charge in [-0.05, 0) is 38.1 Å². The summed E-state index contributed by atoms with van der Waals surface area (Å²) in [4.78, 5) is 0. The fourth-order valence-electron chi connectivity index (χ4n) is 1.74. The van der Waals surface area contributed by atoms with Gasteiger partial charge in [0, 0.05) is 23.6 Å². The normalized spacial score (nSPS) is 12.3. The first kappa shape index (κ1) is 10.2. The van der Waals surface area contributed by atoms with E-state index in [0.29, 0.717) is 6.54 Å². The summed E-state index contributed by atoms with van der Waals surface area (Å²) in [5.41, 5.74) is 6.60. The number of rotatable bonds is 2. The average Bonchev–Trinajstić information content (AvgIpc) is 2.61. The van der Waals surface area contributed by atoms with Crippen molar-refractivity contribution >= 4 is 10.9 Å². The SMILES string of the molecule is CC(C)(CN)n1ccc2cc(F)ccc21. The number of aromatic nitrogens is 1. The zero-order valence-electron chi connectivity index (χ0n) is 9.00. The molecular weight excluding hydrogens is 191 g/mol. The summed E-state index contributed by atoms with van der Waals surface area (Å²) in [6.45, 7) is 4.68. The summed E-state index contributed by atoms with van der Waals surface area (Å²) in [6.07, 6.45) is 1.96. The summed E-state index contributed by atoms with van der Waals surface area (Å²) in [5.74, 6) is -0.203. The van der Waals surface area contributed by atoms with Crippen LogP contribution in [0.3, 0.4) is 0 Å². The molecule has 0 saturated carbocycles. The largest absolute Gasteiger partial charge is 0.341 e. The van der Waals surface area contributed by atoms with Crippen molar-refractivity contribution in [2.45, 2.75) is 19.4 Å². The van der Waals surface area contributed by atoms with Gasteiger partial charge in [0.2, 0.25) is 0 Å². The Kier molecular flexibility index (Phi) is 2.27. The van der Waals surface area contributed by atoms with E-state index in [9.17, 15) is 4.39 Å². The Morgan fingerprint density at radius 1 is 1.33 bits per heavy atom. The van der Waals surface area contributed by atoms with Gasteiger partial charge in [-0.25, -0.2) is 4.39 Å². The number of benzene rings is 1.